The van der Waals surface area contributed by atoms with Crippen LogP contribution in [0.25, 0.3) is 0 Å². The van der Waals surface area contributed by atoms with E-state index in [1.54, 1.807) is 6.20 Å². The van der Waals surface area contributed by atoms with Gasteiger partial charge in [-0.1, -0.05) is 6.92 Å². The molecule has 1 aromatic heterocycles. The number of pyridine rings is 1. The van der Waals surface area contributed by atoms with Gasteiger partial charge in [0.1, 0.15) is 5.82 Å². The van der Waals surface area contributed by atoms with Gasteiger partial charge in [-0.2, -0.15) is 0 Å². The summed E-state index contributed by atoms with van der Waals surface area (Å²) in [6.45, 7) is 5.42. The molecule has 3 heteroatoms. The van der Waals surface area contributed by atoms with E-state index < -0.39 is 0 Å². The SMILES string of the molecule is CCC1CCCN1c1cc(C)c(N)cn1. The van der Waals surface area contributed by atoms with Gasteiger partial charge in [0.25, 0.3) is 0 Å². The summed E-state index contributed by atoms with van der Waals surface area (Å²) in [4.78, 5) is 6.83. The smallest absolute Gasteiger partial charge is 0.129 e. The van der Waals surface area contributed by atoms with Gasteiger partial charge in [-0.15, -0.1) is 0 Å². The Bertz CT molecular complexity index is 349. The minimum Gasteiger partial charge on any atom is -0.397 e. The molecular formula is C12H19N3. The average Bonchev–Trinajstić information content (AvgIpc) is 2.70. The molecule has 2 heterocycles. The Morgan fingerprint density at radius 2 is 2.40 bits per heavy atom. The molecule has 1 aromatic rings. The Morgan fingerprint density at radius 1 is 1.60 bits per heavy atom. The minimum atomic E-state index is 0.667. The fraction of sp³-hybridized carbons (Fsp3) is 0.583. The summed E-state index contributed by atoms with van der Waals surface area (Å²) in [6, 6.07) is 2.77. The van der Waals surface area contributed by atoms with E-state index in [0.717, 1.165) is 23.6 Å². The van der Waals surface area contributed by atoms with E-state index in [4.69, 9.17) is 5.73 Å². The van der Waals surface area contributed by atoms with Gasteiger partial charge in [0.15, 0.2) is 0 Å². The number of anilines is 2. The van der Waals surface area contributed by atoms with Crippen molar-refractivity contribution in [3.8, 4) is 0 Å². The number of hydrogen-bond donors (Lipinski definition) is 1. The molecule has 0 bridgehead atoms. The predicted molar refractivity (Wildman–Crippen MR) is 64.0 cm³/mol. The molecule has 15 heavy (non-hydrogen) atoms. The molecule has 82 valence electrons. The maximum absolute atomic E-state index is 5.77. The lowest BCUT2D eigenvalue weighted by Crippen LogP contribution is -2.29. The first-order valence-corrected chi connectivity index (χ1v) is 5.71. The summed E-state index contributed by atoms with van der Waals surface area (Å²) in [6.07, 6.45) is 5.55. The van der Waals surface area contributed by atoms with Gasteiger partial charge in [-0.25, -0.2) is 4.98 Å². The lowest BCUT2D eigenvalue weighted by molar-refractivity contribution is 0.640. The van der Waals surface area contributed by atoms with E-state index in [-0.39, 0.29) is 0 Å². The summed E-state index contributed by atoms with van der Waals surface area (Å²) < 4.78 is 0. The van der Waals surface area contributed by atoms with Crippen molar-refractivity contribution >= 4 is 11.5 Å². The quantitative estimate of drug-likeness (QED) is 0.806. The van der Waals surface area contributed by atoms with Crippen molar-refractivity contribution in [2.24, 2.45) is 0 Å². The number of nitrogens with two attached hydrogens (primary N) is 1. The Labute approximate surface area is 91.3 Å². The Balaban J connectivity index is 2.25. The van der Waals surface area contributed by atoms with Gasteiger partial charge in [0, 0.05) is 12.6 Å². The molecular weight excluding hydrogens is 186 g/mol. The average molecular weight is 205 g/mol. The van der Waals surface area contributed by atoms with E-state index in [2.05, 4.69) is 22.9 Å². The second-order valence-corrected chi connectivity index (χ2v) is 4.30. The van der Waals surface area contributed by atoms with E-state index in [9.17, 15) is 0 Å². The monoisotopic (exact) mass is 205 g/mol. The van der Waals surface area contributed by atoms with E-state index in [1.807, 2.05) is 6.92 Å². The maximum atomic E-state index is 5.77. The summed E-state index contributed by atoms with van der Waals surface area (Å²) in [5.41, 5.74) is 7.68. The zero-order chi connectivity index (χ0) is 10.8. The zero-order valence-electron chi connectivity index (χ0n) is 9.53. The summed E-state index contributed by atoms with van der Waals surface area (Å²) in [5, 5.41) is 0. The molecule has 1 atom stereocenters. The molecule has 1 aliphatic rings. The van der Waals surface area contributed by atoms with E-state index in [1.165, 1.54) is 19.3 Å². The normalized spacial score (nSPS) is 20.9. The Morgan fingerprint density at radius 3 is 3.07 bits per heavy atom. The van der Waals surface area contributed by atoms with Crippen LogP contribution in [0.15, 0.2) is 12.3 Å². The molecule has 2 N–H and O–H groups in total. The van der Waals surface area contributed by atoms with Crippen LogP contribution in [-0.2, 0) is 0 Å². The molecule has 0 spiro atoms. The van der Waals surface area contributed by atoms with Gasteiger partial charge in [0.05, 0.1) is 11.9 Å². The topological polar surface area (TPSA) is 42.1 Å². The van der Waals surface area contributed by atoms with Crippen LogP contribution in [0.2, 0.25) is 0 Å². The van der Waals surface area contributed by atoms with Crippen LogP contribution in [0.1, 0.15) is 31.7 Å². The van der Waals surface area contributed by atoms with Crippen molar-refractivity contribution in [3.63, 3.8) is 0 Å². The number of nitrogens with zero attached hydrogens (tertiary/aromatic N) is 2. The van der Waals surface area contributed by atoms with Crippen molar-refractivity contribution in [2.45, 2.75) is 39.2 Å². The highest BCUT2D eigenvalue weighted by molar-refractivity contribution is 5.52. The highest BCUT2D eigenvalue weighted by Crippen LogP contribution is 2.27. The second-order valence-electron chi connectivity index (χ2n) is 4.30. The highest BCUT2D eigenvalue weighted by Gasteiger charge is 2.23. The zero-order valence-corrected chi connectivity index (χ0v) is 9.53. The largest absolute Gasteiger partial charge is 0.397 e. The summed E-state index contributed by atoms with van der Waals surface area (Å²) >= 11 is 0. The molecule has 0 aliphatic carbocycles. The molecule has 1 aliphatic heterocycles. The lowest BCUT2D eigenvalue weighted by atomic mass is 10.1. The first-order chi connectivity index (χ1) is 7.22. The lowest BCUT2D eigenvalue weighted by Gasteiger charge is -2.25. The maximum Gasteiger partial charge on any atom is 0.129 e. The highest BCUT2D eigenvalue weighted by atomic mass is 15.2. The van der Waals surface area contributed by atoms with Gasteiger partial charge >= 0.3 is 0 Å². The van der Waals surface area contributed by atoms with Crippen LogP contribution >= 0.6 is 0 Å². The second kappa shape index (κ2) is 4.09. The fourth-order valence-corrected chi connectivity index (χ4v) is 2.27. The molecule has 0 amide bonds. The van der Waals surface area contributed by atoms with E-state index >= 15 is 0 Å². The van der Waals surface area contributed by atoms with Crippen LogP contribution in [0, 0.1) is 6.92 Å². The van der Waals surface area contributed by atoms with Gasteiger partial charge in [-0.3, -0.25) is 0 Å². The Hall–Kier alpha value is -1.25. The number of hydrogen-bond acceptors (Lipinski definition) is 3. The fourth-order valence-electron chi connectivity index (χ4n) is 2.27. The third-order valence-electron chi connectivity index (χ3n) is 3.28. The summed E-state index contributed by atoms with van der Waals surface area (Å²) in [7, 11) is 0. The number of rotatable bonds is 2. The molecule has 1 saturated heterocycles. The molecule has 0 saturated carbocycles. The van der Waals surface area contributed by atoms with Crippen molar-refractivity contribution in [2.75, 3.05) is 17.2 Å². The number of aryl methyl sites for hydroxylation is 1. The number of nitrogen functional groups attached to an aromatic ring is 1. The summed E-state index contributed by atoms with van der Waals surface area (Å²) in [5.74, 6) is 1.09. The van der Waals surface area contributed by atoms with E-state index in [0.29, 0.717) is 6.04 Å². The first kappa shape index (κ1) is 10.3. The molecule has 1 fully saturated rings. The van der Waals surface area contributed by atoms with Crippen LogP contribution in [0.3, 0.4) is 0 Å². The first-order valence-electron chi connectivity index (χ1n) is 5.71. The molecule has 3 nitrogen and oxygen atoms in total. The van der Waals surface area contributed by atoms with Crippen LogP contribution in [-0.4, -0.2) is 17.6 Å². The van der Waals surface area contributed by atoms with Crippen LogP contribution in [0.5, 0.6) is 0 Å². The predicted octanol–water partition coefficient (Wildman–Crippen LogP) is 2.35. The van der Waals surface area contributed by atoms with Gasteiger partial charge in [-0.05, 0) is 37.8 Å². The van der Waals surface area contributed by atoms with Crippen molar-refractivity contribution in [1.82, 2.24) is 4.98 Å². The standard InChI is InChI=1S/C12H19N3/c1-3-10-5-4-6-15(10)12-7-9(2)11(13)8-14-12/h7-8,10H,3-6,13H2,1-2H3. The molecule has 0 aromatic carbocycles. The molecule has 2 rings (SSSR count). The van der Waals surface area contributed by atoms with Crippen molar-refractivity contribution < 1.29 is 0 Å². The minimum absolute atomic E-state index is 0.667. The Kier molecular flexibility index (Phi) is 2.80. The third-order valence-corrected chi connectivity index (χ3v) is 3.28. The molecule has 1 unspecified atom stereocenters. The van der Waals surface area contributed by atoms with Gasteiger partial charge < -0.3 is 10.6 Å². The van der Waals surface area contributed by atoms with Crippen LogP contribution < -0.4 is 10.6 Å². The third kappa shape index (κ3) is 1.91. The molecule has 0 radical (unpaired) electrons. The van der Waals surface area contributed by atoms with Crippen LogP contribution in [0.4, 0.5) is 11.5 Å². The van der Waals surface area contributed by atoms with Crippen molar-refractivity contribution in [3.05, 3.63) is 17.8 Å². The van der Waals surface area contributed by atoms with Gasteiger partial charge in [0.2, 0.25) is 0 Å². The van der Waals surface area contributed by atoms with Crippen molar-refractivity contribution in [1.29, 1.82) is 0 Å². The number of aromatic nitrogens is 1.